The van der Waals surface area contributed by atoms with E-state index in [4.69, 9.17) is 4.74 Å². The normalized spacial score (nSPS) is 18.4. The molecule has 1 saturated heterocycles. The number of amides is 1. The predicted molar refractivity (Wildman–Crippen MR) is 73.9 cm³/mol. The Morgan fingerprint density at radius 3 is 2.90 bits per heavy atom. The molecular weight excluding hydrogens is 262 g/mol. The van der Waals surface area contributed by atoms with Crippen molar-refractivity contribution >= 4 is 17.3 Å². The Hall–Kier alpha value is -2.15. The number of nitrogens with one attached hydrogen (secondary N) is 2. The van der Waals surface area contributed by atoms with Gasteiger partial charge in [0.2, 0.25) is 5.91 Å². The van der Waals surface area contributed by atoms with E-state index >= 15 is 0 Å². The van der Waals surface area contributed by atoms with Crippen LogP contribution in [0.3, 0.4) is 0 Å². The molecule has 20 heavy (non-hydrogen) atoms. The van der Waals surface area contributed by atoms with Crippen molar-refractivity contribution in [2.75, 3.05) is 19.0 Å². The molecule has 0 saturated carbocycles. The second-order valence-electron chi connectivity index (χ2n) is 4.63. The average molecular weight is 279 g/mol. The van der Waals surface area contributed by atoms with Crippen molar-refractivity contribution in [3.63, 3.8) is 0 Å². The molecule has 2 rings (SSSR count). The summed E-state index contributed by atoms with van der Waals surface area (Å²) >= 11 is 0. The molecule has 1 atom stereocenters. The first kappa shape index (κ1) is 14.3. The van der Waals surface area contributed by atoms with Crippen molar-refractivity contribution in [3.8, 4) is 5.75 Å². The number of benzene rings is 1. The van der Waals surface area contributed by atoms with Gasteiger partial charge in [0.1, 0.15) is 11.4 Å². The van der Waals surface area contributed by atoms with Gasteiger partial charge in [0.05, 0.1) is 24.1 Å². The zero-order valence-corrected chi connectivity index (χ0v) is 11.2. The number of carbonyl (C=O) groups excluding carboxylic acids is 1. The van der Waals surface area contributed by atoms with Crippen LogP contribution in [0.4, 0.5) is 11.4 Å². The molecule has 1 aliphatic rings. The molecule has 1 unspecified atom stereocenters. The zero-order chi connectivity index (χ0) is 14.5. The molecule has 0 radical (unpaired) electrons. The number of rotatable bonds is 4. The van der Waals surface area contributed by atoms with Crippen molar-refractivity contribution in [1.29, 1.82) is 0 Å². The molecule has 1 aromatic rings. The summed E-state index contributed by atoms with van der Waals surface area (Å²) in [6, 6.07) is 4.07. The number of hydrogen-bond donors (Lipinski definition) is 2. The lowest BCUT2D eigenvalue weighted by Gasteiger charge is -2.22. The maximum atomic E-state index is 12.1. The Kier molecular flexibility index (Phi) is 4.52. The standard InChI is InChI=1S/C13H17N3O4/c1-20-9-5-6-10(12(8-9)16(18)19)15-13(17)11-4-2-3-7-14-11/h5-6,8,11,14H,2-4,7H2,1H3,(H,15,17). The van der Waals surface area contributed by atoms with E-state index in [1.165, 1.54) is 19.2 Å². The quantitative estimate of drug-likeness (QED) is 0.646. The van der Waals surface area contributed by atoms with Crippen LogP contribution >= 0.6 is 0 Å². The maximum absolute atomic E-state index is 12.1. The highest BCUT2D eigenvalue weighted by atomic mass is 16.6. The predicted octanol–water partition coefficient (Wildman–Crippen LogP) is 1.68. The lowest BCUT2D eigenvalue weighted by molar-refractivity contribution is -0.384. The van der Waals surface area contributed by atoms with Crippen molar-refractivity contribution in [1.82, 2.24) is 5.32 Å². The zero-order valence-electron chi connectivity index (χ0n) is 11.2. The molecule has 1 aliphatic heterocycles. The van der Waals surface area contributed by atoms with E-state index in [0.29, 0.717) is 5.75 Å². The average Bonchev–Trinajstić information content (AvgIpc) is 2.48. The van der Waals surface area contributed by atoms with Gasteiger partial charge in [0.15, 0.2) is 0 Å². The molecular formula is C13H17N3O4. The molecule has 0 bridgehead atoms. The molecule has 108 valence electrons. The highest BCUT2D eigenvalue weighted by molar-refractivity contribution is 5.96. The molecule has 0 aliphatic carbocycles. The van der Waals surface area contributed by atoms with Crippen LogP contribution in [0.5, 0.6) is 5.75 Å². The summed E-state index contributed by atoms with van der Waals surface area (Å²) in [6.07, 6.45) is 2.78. The van der Waals surface area contributed by atoms with Gasteiger partial charge in [0, 0.05) is 0 Å². The third-order valence-corrected chi connectivity index (χ3v) is 3.29. The molecule has 2 N–H and O–H groups in total. The fourth-order valence-corrected chi connectivity index (χ4v) is 2.19. The molecule has 7 heteroatoms. The number of ether oxygens (including phenoxy) is 1. The van der Waals surface area contributed by atoms with Crippen molar-refractivity contribution in [2.45, 2.75) is 25.3 Å². The summed E-state index contributed by atoms with van der Waals surface area (Å²) in [5.74, 6) is 0.142. The molecule has 0 spiro atoms. The van der Waals surface area contributed by atoms with Crippen molar-refractivity contribution in [2.24, 2.45) is 0 Å². The van der Waals surface area contributed by atoms with Gasteiger partial charge in [-0.1, -0.05) is 6.42 Å². The smallest absolute Gasteiger partial charge is 0.296 e. The highest BCUT2D eigenvalue weighted by Crippen LogP contribution is 2.29. The SMILES string of the molecule is COc1ccc(NC(=O)C2CCCCN2)c([N+](=O)[O-])c1. The Morgan fingerprint density at radius 1 is 1.50 bits per heavy atom. The fourth-order valence-electron chi connectivity index (χ4n) is 2.19. The minimum absolute atomic E-state index is 0.173. The summed E-state index contributed by atoms with van der Waals surface area (Å²) < 4.78 is 4.95. The molecule has 1 fully saturated rings. The first-order chi connectivity index (χ1) is 9.61. The third-order valence-electron chi connectivity index (χ3n) is 3.29. The lowest BCUT2D eigenvalue weighted by atomic mass is 10.0. The van der Waals surface area contributed by atoms with E-state index in [1.807, 2.05) is 0 Å². The van der Waals surface area contributed by atoms with Crippen molar-refractivity contribution < 1.29 is 14.5 Å². The van der Waals surface area contributed by atoms with E-state index in [2.05, 4.69) is 10.6 Å². The van der Waals surface area contributed by atoms with Gasteiger partial charge in [-0.3, -0.25) is 14.9 Å². The topological polar surface area (TPSA) is 93.5 Å². The minimum atomic E-state index is -0.535. The fraction of sp³-hybridized carbons (Fsp3) is 0.462. The number of piperidine rings is 1. The van der Waals surface area contributed by atoms with Crippen LogP contribution in [0.15, 0.2) is 18.2 Å². The number of carbonyl (C=O) groups is 1. The van der Waals surface area contributed by atoms with E-state index in [1.54, 1.807) is 6.07 Å². The number of nitrogens with zero attached hydrogens (tertiary/aromatic N) is 1. The van der Waals surface area contributed by atoms with E-state index in [9.17, 15) is 14.9 Å². The Labute approximate surface area is 116 Å². The minimum Gasteiger partial charge on any atom is -0.496 e. The number of methoxy groups -OCH3 is 1. The number of nitro groups is 1. The van der Waals surface area contributed by atoms with Crippen LogP contribution in [0.1, 0.15) is 19.3 Å². The van der Waals surface area contributed by atoms with E-state index in [-0.39, 0.29) is 23.3 Å². The Morgan fingerprint density at radius 2 is 2.30 bits per heavy atom. The van der Waals surface area contributed by atoms with Crippen LogP contribution in [0.2, 0.25) is 0 Å². The summed E-state index contributed by atoms with van der Waals surface area (Å²) in [4.78, 5) is 22.6. The van der Waals surface area contributed by atoms with Crippen LogP contribution in [-0.2, 0) is 4.79 Å². The van der Waals surface area contributed by atoms with Crippen LogP contribution in [0, 0.1) is 10.1 Å². The lowest BCUT2D eigenvalue weighted by Crippen LogP contribution is -2.43. The first-order valence-corrected chi connectivity index (χ1v) is 6.48. The van der Waals surface area contributed by atoms with Gasteiger partial charge >= 0.3 is 0 Å². The van der Waals surface area contributed by atoms with Gasteiger partial charge in [-0.15, -0.1) is 0 Å². The molecule has 1 aromatic carbocycles. The Balaban J connectivity index is 2.15. The van der Waals surface area contributed by atoms with Gasteiger partial charge in [-0.2, -0.15) is 0 Å². The summed E-state index contributed by atoms with van der Waals surface area (Å²) in [6.45, 7) is 0.794. The highest BCUT2D eigenvalue weighted by Gasteiger charge is 2.23. The summed E-state index contributed by atoms with van der Waals surface area (Å²) in [5.41, 5.74) is 0.0154. The third kappa shape index (κ3) is 3.24. The molecule has 7 nitrogen and oxygen atoms in total. The number of hydrogen-bond acceptors (Lipinski definition) is 5. The summed E-state index contributed by atoms with van der Waals surface area (Å²) in [7, 11) is 1.43. The Bertz CT molecular complexity index is 512. The second kappa shape index (κ2) is 6.33. The number of anilines is 1. The van der Waals surface area contributed by atoms with E-state index < -0.39 is 4.92 Å². The number of nitro benzene ring substituents is 1. The molecule has 0 aromatic heterocycles. The van der Waals surface area contributed by atoms with Crippen molar-refractivity contribution in [3.05, 3.63) is 28.3 Å². The first-order valence-electron chi connectivity index (χ1n) is 6.48. The molecule has 1 heterocycles. The van der Waals surface area contributed by atoms with Gasteiger partial charge in [-0.25, -0.2) is 0 Å². The maximum Gasteiger partial charge on any atom is 0.296 e. The monoisotopic (exact) mass is 279 g/mol. The second-order valence-corrected chi connectivity index (χ2v) is 4.63. The van der Waals surface area contributed by atoms with E-state index in [0.717, 1.165) is 25.8 Å². The van der Waals surface area contributed by atoms with Crippen LogP contribution in [0.25, 0.3) is 0 Å². The largest absolute Gasteiger partial charge is 0.496 e. The van der Waals surface area contributed by atoms with Crippen LogP contribution in [-0.4, -0.2) is 30.5 Å². The molecule has 1 amide bonds. The van der Waals surface area contributed by atoms with Gasteiger partial charge in [-0.05, 0) is 31.5 Å². The summed E-state index contributed by atoms with van der Waals surface area (Å²) in [5, 5.41) is 16.7. The van der Waals surface area contributed by atoms with Gasteiger partial charge < -0.3 is 15.4 Å². The van der Waals surface area contributed by atoms with Crippen LogP contribution < -0.4 is 15.4 Å². The van der Waals surface area contributed by atoms with Gasteiger partial charge in [0.25, 0.3) is 5.69 Å².